The van der Waals surface area contributed by atoms with Crippen molar-refractivity contribution < 1.29 is 9.59 Å². The Hall–Kier alpha value is -2.61. The molecule has 1 aliphatic rings. The highest BCUT2D eigenvalue weighted by Crippen LogP contribution is 2.13. The Labute approximate surface area is 173 Å². The third-order valence-corrected chi connectivity index (χ3v) is 5.10. The van der Waals surface area contributed by atoms with E-state index in [0.29, 0.717) is 12.5 Å². The highest BCUT2D eigenvalue weighted by molar-refractivity contribution is 5.85. The molecule has 2 rings (SSSR count). The number of nitrogens with zero attached hydrogens (tertiary/aromatic N) is 3. The van der Waals surface area contributed by atoms with Gasteiger partial charge in [-0.25, -0.2) is 4.99 Å². The van der Waals surface area contributed by atoms with E-state index in [1.165, 1.54) is 0 Å². The molecule has 1 aromatic carbocycles. The maximum absolute atomic E-state index is 12.0. The van der Waals surface area contributed by atoms with E-state index in [-0.39, 0.29) is 30.4 Å². The first kappa shape index (κ1) is 22.7. The van der Waals surface area contributed by atoms with Gasteiger partial charge in [0.15, 0.2) is 5.96 Å². The Bertz CT molecular complexity index is 684. The predicted octanol–water partition coefficient (Wildman–Crippen LogP) is 0.581. The van der Waals surface area contributed by atoms with Crippen LogP contribution in [0.4, 0.5) is 0 Å². The molecule has 3 N–H and O–H groups in total. The summed E-state index contributed by atoms with van der Waals surface area (Å²) in [6.45, 7) is 4.31. The van der Waals surface area contributed by atoms with Gasteiger partial charge in [-0.15, -0.1) is 0 Å². The minimum Gasteiger partial charge on any atom is -0.358 e. The standard InChI is InChI=1S/C21H34N6O2/c1-16(17-8-6-5-7-9-17)24-21(23-14-20(29)26(3)4)25-18-10-12-27(13-11-18)15-19(28)22-2/h5-9,16,18H,10-15H2,1-4H3,(H,22,28)(H2,23,24,25). The Morgan fingerprint density at radius 2 is 1.86 bits per heavy atom. The van der Waals surface area contributed by atoms with Crippen LogP contribution in [0.25, 0.3) is 0 Å². The summed E-state index contributed by atoms with van der Waals surface area (Å²) in [5, 5.41) is 9.57. The van der Waals surface area contributed by atoms with Crippen LogP contribution in [0.5, 0.6) is 0 Å². The van der Waals surface area contributed by atoms with Crippen LogP contribution < -0.4 is 16.0 Å². The maximum Gasteiger partial charge on any atom is 0.243 e. The second kappa shape index (κ2) is 11.4. The lowest BCUT2D eigenvalue weighted by atomic mass is 10.1. The van der Waals surface area contributed by atoms with Crippen molar-refractivity contribution in [2.75, 3.05) is 47.3 Å². The molecule has 8 nitrogen and oxygen atoms in total. The largest absolute Gasteiger partial charge is 0.358 e. The minimum atomic E-state index is -0.0427. The van der Waals surface area contributed by atoms with Crippen molar-refractivity contribution in [3.8, 4) is 0 Å². The van der Waals surface area contributed by atoms with Crippen LogP contribution in [0.15, 0.2) is 35.3 Å². The summed E-state index contributed by atoms with van der Waals surface area (Å²) in [5.41, 5.74) is 1.15. The number of piperidine rings is 1. The Morgan fingerprint density at radius 1 is 1.21 bits per heavy atom. The quantitative estimate of drug-likeness (QED) is 0.459. The normalized spacial score (nSPS) is 16.8. The first-order valence-electron chi connectivity index (χ1n) is 10.1. The molecule has 0 spiro atoms. The van der Waals surface area contributed by atoms with E-state index in [0.717, 1.165) is 31.5 Å². The monoisotopic (exact) mass is 402 g/mol. The van der Waals surface area contributed by atoms with E-state index in [4.69, 9.17) is 0 Å². The average molecular weight is 403 g/mol. The number of hydrogen-bond donors (Lipinski definition) is 3. The molecule has 1 aliphatic heterocycles. The smallest absolute Gasteiger partial charge is 0.243 e. The number of likely N-dealkylation sites (N-methyl/N-ethyl adjacent to an activating group) is 2. The number of nitrogens with one attached hydrogen (secondary N) is 3. The van der Waals surface area contributed by atoms with Gasteiger partial charge in [0.25, 0.3) is 0 Å². The van der Waals surface area contributed by atoms with Gasteiger partial charge in [-0.05, 0) is 25.3 Å². The fourth-order valence-electron chi connectivity index (χ4n) is 3.16. The molecule has 1 saturated heterocycles. The number of aliphatic imine (C=N–C) groups is 1. The molecule has 1 fully saturated rings. The molecular formula is C21H34N6O2. The van der Waals surface area contributed by atoms with Gasteiger partial charge in [0.2, 0.25) is 11.8 Å². The molecule has 8 heteroatoms. The fraction of sp³-hybridized carbons (Fsp3) is 0.571. The number of amides is 2. The Morgan fingerprint density at radius 3 is 2.45 bits per heavy atom. The van der Waals surface area contributed by atoms with Gasteiger partial charge in [-0.1, -0.05) is 30.3 Å². The number of rotatable bonds is 7. The van der Waals surface area contributed by atoms with Crippen molar-refractivity contribution in [2.45, 2.75) is 31.8 Å². The van der Waals surface area contributed by atoms with Gasteiger partial charge in [-0.2, -0.15) is 0 Å². The van der Waals surface area contributed by atoms with Crippen LogP contribution in [-0.4, -0.2) is 80.9 Å². The summed E-state index contributed by atoms with van der Waals surface area (Å²) < 4.78 is 0. The predicted molar refractivity (Wildman–Crippen MR) is 116 cm³/mol. The molecule has 0 aromatic heterocycles. The molecule has 0 aliphatic carbocycles. The van der Waals surface area contributed by atoms with Crippen LogP contribution in [0, 0.1) is 0 Å². The van der Waals surface area contributed by atoms with Crippen molar-refractivity contribution in [1.82, 2.24) is 25.8 Å². The number of hydrogen-bond acceptors (Lipinski definition) is 4. The van der Waals surface area contributed by atoms with Crippen LogP contribution in [0.1, 0.15) is 31.4 Å². The van der Waals surface area contributed by atoms with Crippen LogP contribution >= 0.6 is 0 Å². The van der Waals surface area contributed by atoms with Crippen LogP contribution in [0.3, 0.4) is 0 Å². The molecule has 2 amide bonds. The van der Waals surface area contributed by atoms with Gasteiger partial charge in [0.05, 0.1) is 12.6 Å². The van der Waals surface area contributed by atoms with Crippen molar-refractivity contribution in [2.24, 2.45) is 4.99 Å². The van der Waals surface area contributed by atoms with Crippen LogP contribution in [-0.2, 0) is 9.59 Å². The number of carbonyl (C=O) groups excluding carboxylic acids is 2. The lowest BCUT2D eigenvalue weighted by molar-refractivity contribution is -0.127. The summed E-state index contributed by atoms with van der Waals surface area (Å²) in [6, 6.07) is 10.5. The molecule has 1 unspecified atom stereocenters. The molecule has 0 bridgehead atoms. The highest BCUT2D eigenvalue weighted by Gasteiger charge is 2.22. The van der Waals surface area contributed by atoms with Gasteiger partial charge < -0.3 is 20.9 Å². The van der Waals surface area contributed by atoms with E-state index in [1.807, 2.05) is 18.2 Å². The van der Waals surface area contributed by atoms with Gasteiger partial charge in [-0.3, -0.25) is 14.5 Å². The topological polar surface area (TPSA) is 89.1 Å². The number of carbonyl (C=O) groups is 2. The summed E-state index contributed by atoms with van der Waals surface area (Å²) in [6.07, 6.45) is 1.83. The number of guanidine groups is 1. The molecule has 0 radical (unpaired) electrons. The van der Waals surface area contributed by atoms with Gasteiger partial charge >= 0.3 is 0 Å². The fourth-order valence-corrected chi connectivity index (χ4v) is 3.16. The van der Waals surface area contributed by atoms with Crippen molar-refractivity contribution in [3.05, 3.63) is 35.9 Å². The molecule has 160 valence electrons. The maximum atomic E-state index is 12.0. The minimum absolute atomic E-state index is 0.0409. The Kier molecular flexibility index (Phi) is 8.92. The van der Waals surface area contributed by atoms with E-state index < -0.39 is 0 Å². The lowest BCUT2D eigenvalue weighted by Crippen LogP contribution is -2.50. The third-order valence-electron chi connectivity index (χ3n) is 5.10. The van der Waals surface area contributed by atoms with Crippen LogP contribution in [0.2, 0.25) is 0 Å². The zero-order valence-electron chi connectivity index (χ0n) is 17.9. The van der Waals surface area contributed by atoms with Gasteiger partial charge in [0.1, 0.15) is 6.54 Å². The van der Waals surface area contributed by atoms with E-state index in [2.05, 4.69) is 44.9 Å². The lowest BCUT2D eigenvalue weighted by Gasteiger charge is -2.33. The van der Waals surface area contributed by atoms with E-state index in [1.54, 1.807) is 26.0 Å². The molecule has 1 heterocycles. The molecular weight excluding hydrogens is 368 g/mol. The van der Waals surface area contributed by atoms with E-state index >= 15 is 0 Å². The first-order chi connectivity index (χ1) is 13.9. The zero-order valence-corrected chi connectivity index (χ0v) is 17.9. The first-order valence-corrected chi connectivity index (χ1v) is 10.1. The second-order valence-corrected chi connectivity index (χ2v) is 7.60. The number of likely N-dealkylation sites (tertiary alicyclic amines) is 1. The summed E-state index contributed by atoms with van der Waals surface area (Å²) >= 11 is 0. The highest BCUT2D eigenvalue weighted by atomic mass is 16.2. The zero-order chi connectivity index (χ0) is 21.2. The average Bonchev–Trinajstić information content (AvgIpc) is 2.73. The second-order valence-electron chi connectivity index (χ2n) is 7.60. The van der Waals surface area contributed by atoms with E-state index in [9.17, 15) is 9.59 Å². The van der Waals surface area contributed by atoms with Crippen molar-refractivity contribution in [3.63, 3.8) is 0 Å². The molecule has 29 heavy (non-hydrogen) atoms. The third kappa shape index (κ3) is 7.73. The number of benzene rings is 1. The summed E-state index contributed by atoms with van der Waals surface area (Å²) in [5.74, 6) is 0.638. The summed E-state index contributed by atoms with van der Waals surface area (Å²) in [7, 11) is 5.12. The molecule has 1 atom stereocenters. The Balaban J connectivity index is 1.97. The van der Waals surface area contributed by atoms with Gasteiger partial charge in [0, 0.05) is 40.3 Å². The molecule has 1 aromatic rings. The summed E-state index contributed by atoms with van der Waals surface area (Å²) in [4.78, 5) is 31.8. The van der Waals surface area contributed by atoms with Crippen molar-refractivity contribution >= 4 is 17.8 Å². The SMILES string of the molecule is CNC(=O)CN1CCC(NC(=NCC(=O)N(C)C)NC(C)c2ccccc2)CC1. The van der Waals surface area contributed by atoms with Crippen molar-refractivity contribution in [1.29, 1.82) is 0 Å². The molecule has 0 saturated carbocycles.